The topological polar surface area (TPSA) is 169 Å². The van der Waals surface area contributed by atoms with Crippen LogP contribution >= 0.6 is 11.3 Å². The summed E-state index contributed by atoms with van der Waals surface area (Å²) in [5.74, 6) is -2.07. The molecular weight excluding hydrogens is 634 g/mol. The van der Waals surface area contributed by atoms with Crippen molar-refractivity contribution in [3.63, 3.8) is 0 Å². The summed E-state index contributed by atoms with van der Waals surface area (Å²) in [6.07, 6.45) is 6.93. The van der Waals surface area contributed by atoms with Crippen molar-refractivity contribution in [2.24, 2.45) is 5.92 Å². The van der Waals surface area contributed by atoms with Gasteiger partial charge in [-0.2, -0.15) is 4.80 Å². The Hall–Kier alpha value is -4.59. The molecule has 3 aromatic rings. The third-order valence-electron chi connectivity index (χ3n) is 9.01. The van der Waals surface area contributed by atoms with Crippen LogP contribution in [0.3, 0.4) is 0 Å². The second-order valence-electron chi connectivity index (χ2n) is 13.7. The van der Waals surface area contributed by atoms with Crippen molar-refractivity contribution in [3.8, 4) is 21.8 Å². The lowest BCUT2D eigenvalue weighted by molar-refractivity contribution is -0.145. The van der Waals surface area contributed by atoms with Crippen molar-refractivity contribution in [3.05, 3.63) is 53.9 Å². The molecule has 1 aromatic carbocycles. The monoisotopic (exact) mass is 675 g/mol. The molecule has 0 spiro atoms. The van der Waals surface area contributed by atoms with Gasteiger partial charge in [-0.25, -0.2) is 9.59 Å². The van der Waals surface area contributed by atoms with Crippen molar-refractivity contribution in [2.75, 3.05) is 6.54 Å². The lowest BCUT2D eigenvalue weighted by Crippen LogP contribution is -2.56. The number of rotatable bonds is 5. The Labute approximate surface area is 282 Å². The number of carbonyl (C=O) groups excluding carboxylic acids is 3. The number of alkyl carbamates (subject to hydrolysis) is 1. The number of hydrogen-bond donors (Lipinski definition) is 3. The van der Waals surface area contributed by atoms with Crippen LogP contribution in [-0.4, -0.2) is 83.9 Å². The van der Waals surface area contributed by atoms with Crippen molar-refractivity contribution in [1.29, 1.82) is 0 Å². The van der Waals surface area contributed by atoms with Crippen LogP contribution < -0.4 is 10.6 Å². The van der Waals surface area contributed by atoms with Crippen LogP contribution in [0.2, 0.25) is 0 Å². The number of aliphatic carboxylic acids is 1. The fourth-order valence-electron chi connectivity index (χ4n) is 6.44. The van der Waals surface area contributed by atoms with Crippen molar-refractivity contribution in [1.82, 2.24) is 35.7 Å². The molecule has 2 aliphatic heterocycles. The number of carbonyl (C=O) groups is 4. The molecule has 2 aromatic heterocycles. The van der Waals surface area contributed by atoms with E-state index in [0.29, 0.717) is 18.7 Å². The third-order valence-corrected chi connectivity index (χ3v) is 9.93. The van der Waals surface area contributed by atoms with Gasteiger partial charge < -0.3 is 25.4 Å². The van der Waals surface area contributed by atoms with Crippen LogP contribution in [0.4, 0.5) is 4.79 Å². The number of thiophene rings is 1. The SMILES string of the molecule is CC(C)(C)OC(=O)N[C@H]1CCCCC/C=C\[C@@H]2C[C@]2(C(=O)O)NC(=O)[C@@H]2C[C@H](n3nnc(-c4cccc(-c5cccs5)c4)n3)CN2C1=O. The Balaban J connectivity index is 1.29. The molecule has 3 aliphatic rings. The molecule has 3 N–H and O–H groups in total. The number of fused-ring (bicyclic) bond motifs is 2. The molecule has 0 unspecified atom stereocenters. The number of carboxylic acids is 1. The van der Waals surface area contributed by atoms with Gasteiger partial charge in [0.05, 0.1) is 6.04 Å². The number of benzene rings is 1. The molecule has 1 saturated carbocycles. The van der Waals surface area contributed by atoms with Crippen LogP contribution in [0, 0.1) is 5.92 Å². The van der Waals surface area contributed by atoms with Gasteiger partial charge in [-0.05, 0) is 74.7 Å². The quantitative estimate of drug-likeness (QED) is 0.328. The largest absolute Gasteiger partial charge is 0.479 e. The number of tetrazole rings is 1. The number of allylic oxidation sites excluding steroid dienone is 1. The van der Waals surface area contributed by atoms with Crippen LogP contribution in [0.5, 0.6) is 0 Å². The minimum atomic E-state index is -1.43. The summed E-state index contributed by atoms with van der Waals surface area (Å²) in [6.45, 7) is 5.29. The number of amides is 3. The summed E-state index contributed by atoms with van der Waals surface area (Å²) in [5.41, 5.74) is -0.406. The first-order chi connectivity index (χ1) is 22.9. The molecule has 2 fully saturated rings. The van der Waals surface area contributed by atoms with E-state index in [4.69, 9.17) is 4.74 Å². The summed E-state index contributed by atoms with van der Waals surface area (Å²) < 4.78 is 5.47. The molecule has 0 radical (unpaired) electrons. The zero-order valence-electron chi connectivity index (χ0n) is 27.3. The van der Waals surface area contributed by atoms with E-state index in [1.54, 1.807) is 32.1 Å². The Morgan fingerprint density at radius 1 is 1.12 bits per heavy atom. The molecule has 0 bridgehead atoms. The van der Waals surface area contributed by atoms with Crippen molar-refractivity contribution >= 4 is 35.2 Å². The Morgan fingerprint density at radius 2 is 1.94 bits per heavy atom. The molecule has 1 aliphatic carbocycles. The highest BCUT2D eigenvalue weighted by atomic mass is 32.1. The Kier molecular flexibility index (Phi) is 9.37. The van der Waals surface area contributed by atoms with Crippen molar-refractivity contribution < 1.29 is 29.0 Å². The average molecular weight is 676 g/mol. The smallest absolute Gasteiger partial charge is 0.408 e. The average Bonchev–Trinajstić information content (AvgIpc) is 3.53. The zero-order chi connectivity index (χ0) is 34.1. The van der Waals surface area contributed by atoms with E-state index in [2.05, 4.69) is 26.0 Å². The molecule has 13 nitrogen and oxygen atoms in total. The number of ether oxygens (including phenoxy) is 1. The number of aromatic nitrogens is 4. The number of hydrogen-bond acceptors (Lipinski definition) is 9. The summed E-state index contributed by atoms with van der Waals surface area (Å²) in [6, 6.07) is 9.35. The van der Waals surface area contributed by atoms with E-state index in [0.717, 1.165) is 35.3 Å². The maximum absolute atomic E-state index is 14.3. The lowest BCUT2D eigenvalue weighted by Gasteiger charge is -2.30. The first kappa shape index (κ1) is 33.3. The maximum atomic E-state index is 14.3. The first-order valence-electron chi connectivity index (χ1n) is 16.4. The molecule has 6 rings (SSSR count). The van der Waals surface area contributed by atoms with Gasteiger partial charge in [0.15, 0.2) is 0 Å². The molecule has 4 heterocycles. The molecule has 1 saturated heterocycles. The lowest BCUT2D eigenvalue weighted by atomic mass is 10.0. The highest BCUT2D eigenvalue weighted by Crippen LogP contribution is 2.45. The Bertz CT molecular complexity index is 1700. The van der Waals surface area contributed by atoms with Crippen LogP contribution in [0.15, 0.2) is 53.9 Å². The molecule has 5 atom stereocenters. The minimum absolute atomic E-state index is 0.0673. The van der Waals surface area contributed by atoms with Gasteiger partial charge in [0.25, 0.3) is 0 Å². The van der Waals surface area contributed by atoms with Gasteiger partial charge >= 0.3 is 12.1 Å². The third kappa shape index (κ3) is 7.28. The van der Waals surface area contributed by atoms with E-state index in [9.17, 15) is 24.3 Å². The Morgan fingerprint density at radius 3 is 2.69 bits per heavy atom. The van der Waals surface area contributed by atoms with Gasteiger partial charge in [0.1, 0.15) is 23.2 Å². The highest BCUT2D eigenvalue weighted by molar-refractivity contribution is 7.13. The van der Waals surface area contributed by atoms with Crippen LogP contribution in [0.25, 0.3) is 21.8 Å². The fraction of sp³-hybridized carbons (Fsp3) is 0.500. The summed E-state index contributed by atoms with van der Waals surface area (Å²) in [5, 5.41) is 30.9. The van der Waals surface area contributed by atoms with E-state index < -0.39 is 53.1 Å². The number of nitrogens with zero attached hydrogens (tertiary/aromatic N) is 5. The van der Waals surface area contributed by atoms with Gasteiger partial charge in [0, 0.05) is 29.3 Å². The second kappa shape index (κ2) is 13.5. The molecule has 48 heavy (non-hydrogen) atoms. The standard InChI is InChI=1S/C34H41N7O6S/c1-33(2,3)47-32(46)35-25-14-8-6-4-5-7-13-23-19-34(23,31(44)45)36-29(42)26-18-24(20-40(26)30(25)43)41-38-28(37-39-41)22-12-9-11-21(17-22)27-15-10-16-48-27/h7,9-13,15-17,23-26H,4-6,8,14,18-20H2,1-3H3,(H,35,46)(H,36,42)(H,44,45)/b13-7-/t23-,24+,25+,26+,34+/m1/s1. The predicted molar refractivity (Wildman–Crippen MR) is 178 cm³/mol. The van der Waals surface area contributed by atoms with Gasteiger partial charge in [-0.3, -0.25) is 9.59 Å². The molecular formula is C34H41N7O6S. The van der Waals surface area contributed by atoms with E-state index >= 15 is 0 Å². The summed E-state index contributed by atoms with van der Waals surface area (Å²) in [4.78, 5) is 57.4. The van der Waals surface area contributed by atoms with Crippen LogP contribution in [0.1, 0.15) is 71.8 Å². The minimum Gasteiger partial charge on any atom is -0.479 e. The molecule has 254 valence electrons. The van der Waals surface area contributed by atoms with Gasteiger partial charge in [-0.15, -0.1) is 21.5 Å². The number of nitrogens with one attached hydrogen (secondary N) is 2. The van der Waals surface area contributed by atoms with Crippen molar-refractivity contribution in [2.45, 2.75) is 95.0 Å². The fourth-order valence-corrected chi connectivity index (χ4v) is 7.17. The predicted octanol–water partition coefficient (Wildman–Crippen LogP) is 4.58. The first-order valence-corrected chi connectivity index (χ1v) is 17.3. The van der Waals surface area contributed by atoms with E-state index in [1.165, 1.54) is 9.70 Å². The molecule has 3 amide bonds. The van der Waals surface area contributed by atoms with E-state index in [1.807, 2.05) is 53.9 Å². The van der Waals surface area contributed by atoms with Gasteiger partial charge in [0.2, 0.25) is 17.6 Å². The summed E-state index contributed by atoms with van der Waals surface area (Å²) in [7, 11) is 0. The highest BCUT2D eigenvalue weighted by Gasteiger charge is 2.61. The van der Waals surface area contributed by atoms with Crippen LogP contribution in [-0.2, 0) is 19.1 Å². The normalized spacial score (nSPS) is 27.1. The summed E-state index contributed by atoms with van der Waals surface area (Å²) >= 11 is 1.63. The maximum Gasteiger partial charge on any atom is 0.408 e. The van der Waals surface area contributed by atoms with E-state index in [-0.39, 0.29) is 25.3 Å². The number of carboxylic acid groups (broad SMARTS) is 1. The van der Waals surface area contributed by atoms with Gasteiger partial charge in [-0.1, -0.05) is 49.3 Å². The molecule has 14 heteroatoms. The zero-order valence-corrected chi connectivity index (χ0v) is 28.1. The second-order valence-corrected chi connectivity index (χ2v) is 14.7.